The van der Waals surface area contributed by atoms with Crippen molar-refractivity contribution in [1.82, 2.24) is 15.6 Å². The van der Waals surface area contributed by atoms with Gasteiger partial charge in [0.15, 0.2) is 5.96 Å². The predicted molar refractivity (Wildman–Crippen MR) is 121 cm³/mol. The minimum absolute atomic E-state index is 0.113. The van der Waals surface area contributed by atoms with Crippen LogP contribution in [0.2, 0.25) is 0 Å². The van der Waals surface area contributed by atoms with Crippen LogP contribution >= 0.6 is 0 Å². The Morgan fingerprint density at radius 3 is 2.71 bits per heavy atom. The van der Waals surface area contributed by atoms with E-state index in [1.807, 2.05) is 12.1 Å². The van der Waals surface area contributed by atoms with Gasteiger partial charge in [-0.2, -0.15) is 0 Å². The van der Waals surface area contributed by atoms with Gasteiger partial charge in [0.25, 0.3) is 0 Å². The molecule has 1 aromatic heterocycles. The molecule has 0 radical (unpaired) electrons. The molecule has 3 rings (SSSR count). The molecular weight excluding hydrogens is 395 g/mol. The number of pyridine rings is 1. The van der Waals surface area contributed by atoms with Gasteiger partial charge in [-0.05, 0) is 54.2 Å². The fraction of sp³-hybridized carbons (Fsp3) is 0.500. The van der Waals surface area contributed by atoms with Crippen molar-refractivity contribution >= 4 is 5.96 Å². The maximum Gasteiger partial charge on any atom is 0.219 e. The number of rotatable bonds is 6. The van der Waals surface area contributed by atoms with Gasteiger partial charge in [0.2, 0.25) is 5.88 Å². The molecule has 0 spiro atoms. The number of ether oxygens (including phenoxy) is 2. The number of nitrogens with one attached hydrogen (secondary N) is 2. The van der Waals surface area contributed by atoms with Crippen LogP contribution in [0, 0.1) is 17.2 Å². The molecule has 7 heteroatoms. The van der Waals surface area contributed by atoms with E-state index in [2.05, 4.69) is 41.4 Å². The van der Waals surface area contributed by atoms with E-state index >= 15 is 0 Å². The lowest BCUT2D eigenvalue weighted by atomic mass is 9.78. The first-order valence-electron chi connectivity index (χ1n) is 10.8. The van der Waals surface area contributed by atoms with E-state index in [0.29, 0.717) is 24.1 Å². The summed E-state index contributed by atoms with van der Waals surface area (Å²) in [5.41, 5.74) is 1.12. The Bertz CT molecular complexity index is 865. The Morgan fingerprint density at radius 1 is 1.23 bits per heavy atom. The van der Waals surface area contributed by atoms with Crippen molar-refractivity contribution in [3.8, 4) is 11.6 Å². The summed E-state index contributed by atoms with van der Waals surface area (Å²) in [6.45, 7) is 8.94. The Kier molecular flexibility index (Phi) is 7.85. The largest absolute Gasteiger partial charge is 0.439 e. The molecule has 2 heterocycles. The molecule has 1 aliphatic rings. The molecule has 1 aromatic carbocycles. The van der Waals surface area contributed by atoms with Gasteiger partial charge in [-0.15, -0.1) is 0 Å². The SMILES string of the molecule is CN=C(NCc1ccnc(Oc2ccc(F)cc2)c1)NCC1CCCOC1C(C)(C)C. The highest BCUT2D eigenvalue weighted by molar-refractivity contribution is 5.79. The van der Waals surface area contributed by atoms with Gasteiger partial charge in [-0.1, -0.05) is 20.8 Å². The third-order valence-electron chi connectivity index (χ3n) is 5.35. The predicted octanol–water partition coefficient (Wildman–Crippen LogP) is 4.52. The number of aromatic nitrogens is 1. The van der Waals surface area contributed by atoms with Crippen LogP contribution in [-0.2, 0) is 11.3 Å². The Morgan fingerprint density at radius 2 is 2.00 bits per heavy atom. The summed E-state index contributed by atoms with van der Waals surface area (Å²) in [5, 5.41) is 6.79. The number of guanidine groups is 1. The van der Waals surface area contributed by atoms with E-state index in [9.17, 15) is 4.39 Å². The fourth-order valence-electron chi connectivity index (χ4n) is 3.88. The van der Waals surface area contributed by atoms with Gasteiger partial charge in [-0.3, -0.25) is 4.99 Å². The molecule has 0 bridgehead atoms. The van der Waals surface area contributed by atoms with E-state index < -0.39 is 0 Å². The summed E-state index contributed by atoms with van der Waals surface area (Å²) < 4.78 is 24.8. The highest BCUT2D eigenvalue weighted by Gasteiger charge is 2.35. The van der Waals surface area contributed by atoms with E-state index in [0.717, 1.165) is 37.5 Å². The van der Waals surface area contributed by atoms with Crippen molar-refractivity contribution in [2.45, 2.75) is 46.3 Å². The topological polar surface area (TPSA) is 67.8 Å². The monoisotopic (exact) mass is 428 g/mol. The molecule has 1 aliphatic heterocycles. The van der Waals surface area contributed by atoms with Crippen molar-refractivity contribution in [3.05, 3.63) is 54.0 Å². The standard InChI is InChI=1S/C24H33FN4O2/c1-24(2,3)22-18(6-5-13-30-22)16-29-23(26-4)28-15-17-11-12-27-21(14-17)31-20-9-7-19(25)8-10-20/h7-12,14,18,22H,5-6,13,15-16H2,1-4H3,(H2,26,28,29). The minimum Gasteiger partial charge on any atom is -0.439 e. The first-order valence-corrected chi connectivity index (χ1v) is 10.8. The third-order valence-corrected chi connectivity index (χ3v) is 5.35. The lowest BCUT2D eigenvalue weighted by Gasteiger charge is -2.40. The van der Waals surface area contributed by atoms with Crippen molar-refractivity contribution < 1.29 is 13.9 Å². The van der Waals surface area contributed by atoms with Crippen molar-refractivity contribution in [2.75, 3.05) is 20.2 Å². The zero-order valence-corrected chi connectivity index (χ0v) is 18.8. The van der Waals surface area contributed by atoms with Crippen molar-refractivity contribution in [3.63, 3.8) is 0 Å². The summed E-state index contributed by atoms with van der Waals surface area (Å²) in [6, 6.07) is 9.65. The zero-order valence-electron chi connectivity index (χ0n) is 18.8. The molecule has 2 unspecified atom stereocenters. The molecule has 0 amide bonds. The molecule has 31 heavy (non-hydrogen) atoms. The van der Waals surface area contributed by atoms with Crippen LogP contribution in [0.4, 0.5) is 4.39 Å². The van der Waals surface area contributed by atoms with Gasteiger partial charge in [0.05, 0.1) is 6.10 Å². The summed E-state index contributed by atoms with van der Waals surface area (Å²) in [6.07, 6.45) is 4.18. The van der Waals surface area contributed by atoms with E-state index in [1.165, 1.54) is 12.1 Å². The lowest BCUT2D eigenvalue weighted by Crippen LogP contribution is -2.47. The smallest absolute Gasteiger partial charge is 0.219 e. The van der Waals surface area contributed by atoms with Crippen LogP contribution in [0.1, 0.15) is 39.2 Å². The second-order valence-electron chi connectivity index (χ2n) is 8.92. The maximum atomic E-state index is 13.1. The van der Waals surface area contributed by atoms with Crippen LogP contribution in [0.25, 0.3) is 0 Å². The minimum atomic E-state index is -0.300. The van der Waals surface area contributed by atoms with E-state index in [1.54, 1.807) is 25.4 Å². The van der Waals surface area contributed by atoms with Gasteiger partial charge in [0, 0.05) is 44.9 Å². The first kappa shape index (κ1) is 23.0. The maximum absolute atomic E-state index is 13.1. The van der Waals surface area contributed by atoms with E-state index in [4.69, 9.17) is 9.47 Å². The summed E-state index contributed by atoms with van der Waals surface area (Å²) >= 11 is 0. The molecule has 2 atom stereocenters. The average molecular weight is 429 g/mol. The van der Waals surface area contributed by atoms with Crippen LogP contribution in [0.5, 0.6) is 11.6 Å². The Hall–Kier alpha value is -2.67. The van der Waals surface area contributed by atoms with Crippen LogP contribution < -0.4 is 15.4 Å². The number of hydrogen-bond acceptors (Lipinski definition) is 4. The fourth-order valence-corrected chi connectivity index (χ4v) is 3.88. The molecule has 1 fully saturated rings. The second kappa shape index (κ2) is 10.6. The van der Waals surface area contributed by atoms with Crippen molar-refractivity contribution in [1.29, 1.82) is 0 Å². The molecule has 2 N–H and O–H groups in total. The van der Waals surface area contributed by atoms with Gasteiger partial charge in [0.1, 0.15) is 11.6 Å². The van der Waals surface area contributed by atoms with E-state index in [-0.39, 0.29) is 17.3 Å². The Balaban J connectivity index is 1.53. The Labute approximate surface area is 184 Å². The van der Waals surface area contributed by atoms with Gasteiger partial charge in [-0.25, -0.2) is 9.37 Å². The summed E-state index contributed by atoms with van der Waals surface area (Å²) in [7, 11) is 1.77. The molecule has 0 aliphatic carbocycles. The molecular formula is C24H33FN4O2. The normalized spacial score (nSPS) is 19.7. The van der Waals surface area contributed by atoms with Gasteiger partial charge < -0.3 is 20.1 Å². The summed E-state index contributed by atoms with van der Waals surface area (Å²) in [4.78, 5) is 8.57. The number of benzene rings is 1. The van der Waals surface area contributed by atoms with Crippen LogP contribution in [0.3, 0.4) is 0 Å². The molecule has 1 saturated heterocycles. The number of halogens is 1. The van der Waals surface area contributed by atoms with Crippen LogP contribution in [-0.4, -0.2) is 37.2 Å². The first-order chi connectivity index (χ1) is 14.8. The molecule has 2 aromatic rings. The number of aliphatic imine (C=N–C) groups is 1. The molecule has 168 valence electrons. The van der Waals surface area contributed by atoms with Gasteiger partial charge >= 0.3 is 0 Å². The van der Waals surface area contributed by atoms with Crippen molar-refractivity contribution in [2.24, 2.45) is 16.3 Å². The third kappa shape index (κ3) is 6.92. The number of nitrogens with zero attached hydrogens (tertiary/aromatic N) is 2. The molecule has 6 nitrogen and oxygen atoms in total. The second-order valence-corrected chi connectivity index (χ2v) is 8.92. The highest BCUT2D eigenvalue weighted by Crippen LogP contribution is 2.33. The quantitative estimate of drug-likeness (QED) is 0.523. The highest BCUT2D eigenvalue weighted by atomic mass is 19.1. The zero-order chi connectivity index (χ0) is 22.3. The average Bonchev–Trinajstić information content (AvgIpc) is 2.75. The molecule has 0 saturated carbocycles. The number of hydrogen-bond donors (Lipinski definition) is 2. The van der Waals surface area contributed by atoms with Crippen LogP contribution in [0.15, 0.2) is 47.6 Å². The lowest BCUT2D eigenvalue weighted by molar-refractivity contribution is -0.0835. The summed E-state index contributed by atoms with van der Waals surface area (Å²) in [5.74, 6) is 1.89.